The Labute approximate surface area is 104 Å². The molecule has 0 aliphatic heterocycles. The molecule has 0 atom stereocenters. The first-order valence-corrected chi connectivity index (χ1v) is 7.04. The number of fused-ring (bicyclic) bond motifs is 1. The van der Waals surface area contributed by atoms with E-state index in [4.69, 9.17) is 15.8 Å². The number of halogens is 1. The van der Waals surface area contributed by atoms with E-state index in [1.807, 2.05) is 6.07 Å². The normalized spacial score (nSPS) is 11.9. The molecule has 2 aromatic rings. The largest absolute Gasteiger partial charge is 0.265 e. The molecule has 1 aromatic heterocycles. The third-order valence-corrected chi connectivity index (χ3v) is 2.97. The van der Waals surface area contributed by atoms with Crippen LogP contribution in [-0.4, -0.2) is 19.7 Å². The minimum absolute atomic E-state index is 0.000510. The number of hydrogen-bond acceptors (Lipinski definition) is 4. The van der Waals surface area contributed by atoms with Crippen LogP contribution in [0.2, 0.25) is 5.15 Å². The maximum absolute atomic E-state index is 10.9. The summed E-state index contributed by atoms with van der Waals surface area (Å²) in [6.07, 6.45) is 1.02. The van der Waals surface area contributed by atoms with Gasteiger partial charge in [-0.15, -0.1) is 0 Å². The van der Waals surface area contributed by atoms with E-state index in [-0.39, 0.29) is 6.61 Å². The SMILES string of the molecule is CS(=O)(=O)OCc1cccc2nc(Cl)ccc12. The lowest BCUT2D eigenvalue weighted by atomic mass is 10.1. The summed E-state index contributed by atoms with van der Waals surface area (Å²) in [5.74, 6) is 0. The molecule has 0 spiro atoms. The number of aromatic nitrogens is 1. The van der Waals surface area contributed by atoms with Crippen LogP contribution in [0.3, 0.4) is 0 Å². The van der Waals surface area contributed by atoms with Crippen LogP contribution >= 0.6 is 11.6 Å². The molecule has 0 aliphatic rings. The number of rotatable bonds is 3. The quantitative estimate of drug-likeness (QED) is 0.635. The second kappa shape index (κ2) is 4.60. The second-order valence-electron chi connectivity index (χ2n) is 3.58. The minimum Gasteiger partial charge on any atom is -0.265 e. The van der Waals surface area contributed by atoms with Crippen molar-refractivity contribution >= 4 is 32.6 Å². The van der Waals surface area contributed by atoms with E-state index in [0.29, 0.717) is 10.7 Å². The highest BCUT2D eigenvalue weighted by Crippen LogP contribution is 2.20. The third-order valence-electron chi connectivity index (χ3n) is 2.22. The first kappa shape index (κ1) is 12.3. The number of pyridine rings is 1. The molecule has 0 radical (unpaired) electrons. The molecule has 4 nitrogen and oxygen atoms in total. The average molecular weight is 272 g/mol. The van der Waals surface area contributed by atoms with E-state index in [1.54, 1.807) is 24.3 Å². The number of nitrogens with zero attached hydrogens (tertiary/aromatic N) is 1. The monoisotopic (exact) mass is 271 g/mol. The molecule has 0 aliphatic carbocycles. The van der Waals surface area contributed by atoms with Gasteiger partial charge in [0.25, 0.3) is 10.1 Å². The van der Waals surface area contributed by atoms with Gasteiger partial charge in [0.15, 0.2) is 0 Å². The summed E-state index contributed by atoms with van der Waals surface area (Å²) in [7, 11) is -3.45. The molecule has 1 aromatic carbocycles. The van der Waals surface area contributed by atoms with Crippen LogP contribution in [0.5, 0.6) is 0 Å². The summed E-state index contributed by atoms with van der Waals surface area (Å²) < 4.78 is 26.6. The van der Waals surface area contributed by atoms with Gasteiger partial charge in [-0.1, -0.05) is 23.7 Å². The number of benzene rings is 1. The van der Waals surface area contributed by atoms with Gasteiger partial charge in [0.05, 0.1) is 18.4 Å². The van der Waals surface area contributed by atoms with Crippen molar-refractivity contribution in [3.05, 3.63) is 41.0 Å². The van der Waals surface area contributed by atoms with E-state index in [0.717, 1.165) is 17.2 Å². The molecule has 0 bridgehead atoms. The maximum Gasteiger partial charge on any atom is 0.264 e. The molecule has 1 heterocycles. The van der Waals surface area contributed by atoms with Crippen molar-refractivity contribution in [1.29, 1.82) is 0 Å². The van der Waals surface area contributed by atoms with Crippen molar-refractivity contribution < 1.29 is 12.6 Å². The highest BCUT2D eigenvalue weighted by molar-refractivity contribution is 7.85. The standard InChI is InChI=1S/C11H10ClNO3S/c1-17(14,15)16-7-8-3-2-4-10-9(8)5-6-11(12)13-10/h2-6H,7H2,1H3. The van der Waals surface area contributed by atoms with Crippen molar-refractivity contribution in [1.82, 2.24) is 4.98 Å². The highest BCUT2D eigenvalue weighted by atomic mass is 35.5. The van der Waals surface area contributed by atoms with Crippen molar-refractivity contribution in [3.63, 3.8) is 0 Å². The van der Waals surface area contributed by atoms with Gasteiger partial charge in [0, 0.05) is 5.39 Å². The van der Waals surface area contributed by atoms with Crippen LogP contribution in [0.15, 0.2) is 30.3 Å². The molecule has 0 amide bonds. The first-order chi connectivity index (χ1) is 7.96. The molecule has 0 saturated carbocycles. The van der Waals surface area contributed by atoms with Gasteiger partial charge in [0.2, 0.25) is 0 Å². The van der Waals surface area contributed by atoms with E-state index < -0.39 is 10.1 Å². The molecule has 2 rings (SSSR count). The zero-order valence-corrected chi connectivity index (χ0v) is 10.6. The fourth-order valence-electron chi connectivity index (χ4n) is 1.49. The van der Waals surface area contributed by atoms with Gasteiger partial charge in [-0.3, -0.25) is 4.18 Å². The summed E-state index contributed by atoms with van der Waals surface area (Å²) in [4.78, 5) is 4.14. The Kier molecular flexibility index (Phi) is 3.33. The predicted molar refractivity (Wildman–Crippen MR) is 66.4 cm³/mol. The van der Waals surface area contributed by atoms with Crippen LogP contribution in [0, 0.1) is 0 Å². The Morgan fingerprint density at radius 2 is 2.06 bits per heavy atom. The van der Waals surface area contributed by atoms with Gasteiger partial charge in [0.1, 0.15) is 5.15 Å². The summed E-state index contributed by atoms with van der Waals surface area (Å²) in [6, 6.07) is 8.85. The van der Waals surface area contributed by atoms with Crippen molar-refractivity contribution in [2.75, 3.05) is 6.26 Å². The fourth-order valence-corrected chi connectivity index (χ4v) is 1.99. The topological polar surface area (TPSA) is 56.3 Å². The Morgan fingerprint density at radius 3 is 2.76 bits per heavy atom. The zero-order valence-electron chi connectivity index (χ0n) is 9.05. The van der Waals surface area contributed by atoms with E-state index in [2.05, 4.69) is 4.98 Å². The van der Waals surface area contributed by atoms with Gasteiger partial charge in [-0.05, 0) is 23.8 Å². The average Bonchev–Trinajstić information content (AvgIpc) is 2.24. The van der Waals surface area contributed by atoms with Crippen molar-refractivity contribution in [3.8, 4) is 0 Å². The molecular weight excluding hydrogens is 262 g/mol. The van der Waals surface area contributed by atoms with Crippen LogP contribution in [0.25, 0.3) is 10.9 Å². The van der Waals surface area contributed by atoms with Crippen molar-refractivity contribution in [2.24, 2.45) is 0 Å². The Morgan fingerprint density at radius 1 is 1.29 bits per heavy atom. The van der Waals surface area contributed by atoms with Crippen LogP contribution in [-0.2, 0) is 20.9 Å². The molecule has 0 N–H and O–H groups in total. The van der Waals surface area contributed by atoms with E-state index >= 15 is 0 Å². The molecule has 0 saturated heterocycles. The minimum atomic E-state index is -3.45. The Hall–Kier alpha value is -1.17. The van der Waals surface area contributed by atoms with Gasteiger partial charge >= 0.3 is 0 Å². The maximum atomic E-state index is 10.9. The number of hydrogen-bond donors (Lipinski definition) is 0. The lowest BCUT2D eigenvalue weighted by Crippen LogP contribution is -2.03. The van der Waals surface area contributed by atoms with E-state index in [1.165, 1.54) is 0 Å². The summed E-state index contributed by atoms with van der Waals surface area (Å²) >= 11 is 5.78. The van der Waals surface area contributed by atoms with Gasteiger partial charge in [-0.2, -0.15) is 8.42 Å². The van der Waals surface area contributed by atoms with Crippen LogP contribution < -0.4 is 0 Å². The van der Waals surface area contributed by atoms with Gasteiger partial charge in [-0.25, -0.2) is 4.98 Å². The molecular formula is C11H10ClNO3S. The summed E-state index contributed by atoms with van der Waals surface area (Å²) in [5, 5.41) is 1.24. The van der Waals surface area contributed by atoms with Crippen LogP contribution in [0.4, 0.5) is 0 Å². The predicted octanol–water partition coefficient (Wildman–Crippen LogP) is 2.36. The first-order valence-electron chi connectivity index (χ1n) is 4.84. The second-order valence-corrected chi connectivity index (χ2v) is 5.62. The molecule has 0 fully saturated rings. The zero-order chi connectivity index (χ0) is 12.5. The highest BCUT2D eigenvalue weighted by Gasteiger charge is 2.06. The third kappa shape index (κ3) is 3.15. The van der Waals surface area contributed by atoms with Crippen molar-refractivity contribution in [2.45, 2.75) is 6.61 Å². The Bertz CT molecular complexity index is 655. The summed E-state index contributed by atoms with van der Waals surface area (Å²) in [6.45, 7) is -0.000510. The lowest BCUT2D eigenvalue weighted by Gasteiger charge is -2.05. The molecule has 6 heteroatoms. The van der Waals surface area contributed by atoms with Crippen LogP contribution in [0.1, 0.15) is 5.56 Å². The fraction of sp³-hybridized carbons (Fsp3) is 0.182. The Balaban J connectivity index is 2.41. The molecule has 17 heavy (non-hydrogen) atoms. The molecule has 90 valence electrons. The smallest absolute Gasteiger partial charge is 0.264 e. The van der Waals surface area contributed by atoms with E-state index in [9.17, 15) is 8.42 Å². The van der Waals surface area contributed by atoms with Gasteiger partial charge < -0.3 is 0 Å². The lowest BCUT2D eigenvalue weighted by molar-refractivity contribution is 0.313. The molecule has 0 unspecified atom stereocenters. The summed E-state index contributed by atoms with van der Waals surface area (Å²) in [5.41, 5.74) is 1.48.